The quantitative estimate of drug-likeness (QED) is 0.282. The van der Waals surface area contributed by atoms with E-state index in [1.54, 1.807) is 7.11 Å². The zero-order chi connectivity index (χ0) is 17.5. The second-order valence-electron chi connectivity index (χ2n) is 7.70. The highest BCUT2D eigenvalue weighted by atomic mass is 127. The number of methoxy groups -OCH3 is 1. The minimum atomic E-state index is 0. The van der Waals surface area contributed by atoms with Crippen molar-refractivity contribution >= 4 is 29.9 Å². The number of guanidine groups is 1. The van der Waals surface area contributed by atoms with Crippen molar-refractivity contribution in [3.05, 3.63) is 12.2 Å². The molecule has 1 aliphatic rings. The topological polar surface area (TPSA) is 48.9 Å². The van der Waals surface area contributed by atoms with E-state index in [2.05, 4.69) is 54.8 Å². The Kier molecular flexibility index (Phi) is 11.1. The van der Waals surface area contributed by atoms with Gasteiger partial charge in [-0.25, -0.2) is 0 Å². The summed E-state index contributed by atoms with van der Waals surface area (Å²) in [5, 5.41) is 6.95. The highest BCUT2D eigenvalue weighted by molar-refractivity contribution is 14.0. The number of hydrogen-bond donors (Lipinski definition) is 2. The lowest BCUT2D eigenvalue weighted by Gasteiger charge is -2.34. The van der Waals surface area contributed by atoms with Crippen LogP contribution in [0.15, 0.2) is 17.1 Å². The van der Waals surface area contributed by atoms with Gasteiger partial charge in [-0.15, -0.1) is 24.0 Å². The van der Waals surface area contributed by atoms with Crippen LogP contribution in [0.4, 0.5) is 0 Å². The zero-order valence-corrected chi connectivity index (χ0v) is 18.6. The van der Waals surface area contributed by atoms with Crippen molar-refractivity contribution in [2.75, 3.05) is 40.3 Å². The summed E-state index contributed by atoms with van der Waals surface area (Å²) >= 11 is 0. The summed E-state index contributed by atoms with van der Waals surface area (Å²) in [6.45, 7) is 16.7. The number of halogens is 1. The van der Waals surface area contributed by atoms with Gasteiger partial charge in [-0.05, 0) is 25.2 Å². The van der Waals surface area contributed by atoms with E-state index in [0.29, 0.717) is 6.04 Å². The molecule has 0 amide bonds. The summed E-state index contributed by atoms with van der Waals surface area (Å²) in [5.74, 6) is 0.870. The number of nitrogens with one attached hydrogen (secondary N) is 2. The van der Waals surface area contributed by atoms with Crippen LogP contribution in [0, 0.1) is 5.41 Å². The summed E-state index contributed by atoms with van der Waals surface area (Å²) < 4.78 is 5.59. The van der Waals surface area contributed by atoms with E-state index in [9.17, 15) is 0 Å². The van der Waals surface area contributed by atoms with Crippen molar-refractivity contribution in [3.63, 3.8) is 0 Å². The van der Waals surface area contributed by atoms with E-state index in [0.717, 1.165) is 45.0 Å². The second kappa shape index (κ2) is 11.3. The molecule has 0 bridgehead atoms. The Labute approximate surface area is 165 Å². The first-order valence-electron chi connectivity index (χ1n) is 8.63. The summed E-state index contributed by atoms with van der Waals surface area (Å²) in [6.07, 6.45) is 2.43. The fraction of sp³-hybridized carbons (Fsp3) is 0.833. The SMILES string of the molecule is C=C(C)CN1CCC(NC(=NC)NCC(OC)C(C)(C)C)CC1.I. The van der Waals surface area contributed by atoms with Crippen molar-refractivity contribution < 1.29 is 4.74 Å². The largest absolute Gasteiger partial charge is 0.379 e. The van der Waals surface area contributed by atoms with Gasteiger partial charge in [0.05, 0.1) is 6.10 Å². The highest BCUT2D eigenvalue weighted by Gasteiger charge is 2.25. The molecule has 1 unspecified atom stereocenters. The Morgan fingerprint density at radius 3 is 2.33 bits per heavy atom. The number of rotatable bonds is 6. The second-order valence-corrected chi connectivity index (χ2v) is 7.70. The van der Waals surface area contributed by atoms with E-state index < -0.39 is 0 Å². The van der Waals surface area contributed by atoms with Crippen LogP contribution < -0.4 is 10.6 Å². The maximum absolute atomic E-state index is 5.59. The molecule has 0 aromatic carbocycles. The normalized spacial score (nSPS) is 18.7. The van der Waals surface area contributed by atoms with E-state index >= 15 is 0 Å². The van der Waals surface area contributed by atoms with Crippen LogP contribution in [0.2, 0.25) is 0 Å². The van der Waals surface area contributed by atoms with Crippen molar-refractivity contribution in [2.45, 2.75) is 52.7 Å². The summed E-state index contributed by atoms with van der Waals surface area (Å²) in [5.41, 5.74) is 1.34. The van der Waals surface area contributed by atoms with E-state index in [1.165, 1.54) is 5.57 Å². The Bertz CT molecular complexity index is 398. The molecule has 1 saturated heterocycles. The monoisotopic (exact) mass is 452 g/mol. The van der Waals surface area contributed by atoms with Gasteiger partial charge in [-0.1, -0.05) is 32.9 Å². The molecule has 0 spiro atoms. The van der Waals surface area contributed by atoms with Gasteiger partial charge in [0.2, 0.25) is 0 Å². The van der Waals surface area contributed by atoms with E-state index in [1.807, 2.05) is 7.05 Å². The van der Waals surface area contributed by atoms with E-state index in [4.69, 9.17) is 4.74 Å². The molecule has 1 aliphatic heterocycles. The number of likely N-dealkylation sites (tertiary alicyclic amines) is 1. The molecule has 0 aliphatic carbocycles. The zero-order valence-electron chi connectivity index (χ0n) is 16.3. The number of piperidine rings is 1. The van der Waals surface area contributed by atoms with Gasteiger partial charge < -0.3 is 15.4 Å². The average molecular weight is 452 g/mol. The van der Waals surface area contributed by atoms with Gasteiger partial charge in [0.1, 0.15) is 0 Å². The number of aliphatic imine (C=N–C) groups is 1. The molecular formula is C18H37IN4O. The lowest BCUT2D eigenvalue weighted by Crippen LogP contribution is -2.51. The lowest BCUT2D eigenvalue weighted by atomic mass is 9.89. The summed E-state index contributed by atoms with van der Waals surface area (Å²) in [7, 11) is 3.59. The standard InChI is InChI=1S/C18H36N4O.HI/c1-14(2)13-22-10-8-15(9-11-22)21-17(19-6)20-12-16(23-7)18(3,4)5;/h15-16H,1,8-13H2,2-7H3,(H2,19,20,21);1H. The lowest BCUT2D eigenvalue weighted by molar-refractivity contribution is 0.0204. The molecule has 6 heteroatoms. The van der Waals surface area contributed by atoms with Gasteiger partial charge in [-0.3, -0.25) is 9.89 Å². The van der Waals surface area contributed by atoms with Crippen LogP contribution in [-0.2, 0) is 4.74 Å². The molecule has 0 saturated carbocycles. The van der Waals surface area contributed by atoms with E-state index in [-0.39, 0.29) is 35.5 Å². The van der Waals surface area contributed by atoms with Gasteiger partial charge in [0, 0.05) is 46.4 Å². The van der Waals surface area contributed by atoms with Gasteiger partial charge in [-0.2, -0.15) is 0 Å². The smallest absolute Gasteiger partial charge is 0.191 e. The summed E-state index contributed by atoms with van der Waals surface area (Å²) in [6, 6.07) is 0.484. The first-order chi connectivity index (χ1) is 10.8. The van der Waals surface area contributed by atoms with Crippen molar-refractivity contribution in [3.8, 4) is 0 Å². The maximum atomic E-state index is 5.59. The Morgan fingerprint density at radius 1 is 1.33 bits per heavy atom. The first-order valence-corrected chi connectivity index (χ1v) is 8.63. The molecule has 142 valence electrons. The molecule has 1 heterocycles. The van der Waals surface area contributed by atoms with Crippen LogP contribution in [0.25, 0.3) is 0 Å². The molecule has 2 N–H and O–H groups in total. The van der Waals surface area contributed by atoms with Crippen molar-refractivity contribution in [1.29, 1.82) is 0 Å². The van der Waals surface area contributed by atoms with Crippen molar-refractivity contribution in [2.24, 2.45) is 10.4 Å². The first kappa shape index (κ1) is 23.7. The average Bonchev–Trinajstić information content (AvgIpc) is 2.46. The highest BCUT2D eigenvalue weighted by Crippen LogP contribution is 2.21. The Balaban J connectivity index is 0.00000529. The van der Waals surface area contributed by atoms with Crippen LogP contribution in [0.1, 0.15) is 40.5 Å². The van der Waals surface area contributed by atoms with Gasteiger partial charge in [0.15, 0.2) is 5.96 Å². The molecule has 0 aromatic heterocycles. The fourth-order valence-electron chi connectivity index (χ4n) is 2.94. The predicted octanol–water partition coefficient (Wildman–Crippen LogP) is 2.87. The molecule has 0 aromatic rings. The Morgan fingerprint density at radius 2 is 1.92 bits per heavy atom. The molecule has 24 heavy (non-hydrogen) atoms. The number of ether oxygens (including phenoxy) is 1. The van der Waals surface area contributed by atoms with Crippen LogP contribution in [0.5, 0.6) is 0 Å². The molecule has 1 fully saturated rings. The third-order valence-corrected chi connectivity index (χ3v) is 4.35. The fourth-order valence-corrected chi connectivity index (χ4v) is 2.94. The van der Waals surface area contributed by atoms with Gasteiger partial charge in [0.25, 0.3) is 0 Å². The molecule has 1 rings (SSSR count). The predicted molar refractivity (Wildman–Crippen MR) is 114 cm³/mol. The van der Waals surface area contributed by atoms with Crippen LogP contribution in [0.3, 0.4) is 0 Å². The molecule has 1 atom stereocenters. The van der Waals surface area contributed by atoms with Crippen molar-refractivity contribution in [1.82, 2.24) is 15.5 Å². The number of hydrogen-bond acceptors (Lipinski definition) is 3. The third kappa shape index (κ3) is 8.67. The molecular weight excluding hydrogens is 415 g/mol. The number of nitrogens with zero attached hydrogens (tertiary/aromatic N) is 2. The Hall–Kier alpha value is -0.340. The minimum Gasteiger partial charge on any atom is -0.379 e. The van der Waals surface area contributed by atoms with Gasteiger partial charge >= 0.3 is 0 Å². The minimum absolute atomic E-state index is 0. The molecule has 5 nitrogen and oxygen atoms in total. The third-order valence-electron chi connectivity index (χ3n) is 4.35. The maximum Gasteiger partial charge on any atom is 0.191 e. The summed E-state index contributed by atoms with van der Waals surface area (Å²) in [4.78, 5) is 6.82. The van der Waals surface area contributed by atoms with Crippen LogP contribution >= 0.6 is 24.0 Å². The molecule has 0 radical (unpaired) electrons. The van der Waals surface area contributed by atoms with Crippen LogP contribution in [-0.4, -0.2) is 63.3 Å².